The minimum atomic E-state index is -1.02. The molecule has 0 fully saturated rings. The van der Waals surface area contributed by atoms with Crippen molar-refractivity contribution in [3.63, 3.8) is 0 Å². The second-order valence-corrected chi connectivity index (χ2v) is 6.44. The lowest BCUT2D eigenvalue weighted by molar-refractivity contribution is -0.138. The van der Waals surface area contributed by atoms with Crippen molar-refractivity contribution >= 4 is 34.2 Å². The fourth-order valence-corrected chi connectivity index (χ4v) is 3.50. The van der Waals surface area contributed by atoms with Gasteiger partial charge in [-0.2, -0.15) is 5.10 Å². The number of benzene rings is 2. The Morgan fingerprint density at radius 2 is 2.12 bits per heavy atom. The standard InChI is InChI=1S/C19H18N4O3/c1-11-14-4-3-5-15(18(14)19(26)23(11)10-17(24)25)21-13-6-7-16-12(8-13)9-20-22(16)2/h3-9,11,21H,10H2,1-2H3,(H,24,25). The fourth-order valence-electron chi connectivity index (χ4n) is 3.50. The number of carboxylic acids is 1. The maximum absolute atomic E-state index is 12.8. The summed E-state index contributed by atoms with van der Waals surface area (Å²) in [7, 11) is 1.89. The molecule has 1 aromatic heterocycles. The summed E-state index contributed by atoms with van der Waals surface area (Å²) in [5, 5.41) is 17.6. The number of nitrogens with zero attached hydrogens (tertiary/aromatic N) is 3. The van der Waals surface area contributed by atoms with E-state index in [2.05, 4.69) is 10.4 Å². The smallest absolute Gasteiger partial charge is 0.323 e. The number of amides is 1. The Labute approximate surface area is 149 Å². The van der Waals surface area contributed by atoms with Crippen molar-refractivity contribution in [1.82, 2.24) is 14.7 Å². The number of anilines is 2. The molecular weight excluding hydrogens is 332 g/mol. The van der Waals surface area contributed by atoms with Crippen LogP contribution in [-0.2, 0) is 11.8 Å². The summed E-state index contributed by atoms with van der Waals surface area (Å²) < 4.78 is 1.80. The first kappa shape index (κ1) is 16.1. The number of carbonyl (C=O) groups is 2. The highest BCUT2D eigenvalue weighted by atomic mass is 16.4. The van der Waals surface area contributed by atoms with E-state index in [0.29, 0.717) is 11.3 Å². The zero-order valence-corrected chi connectivity index (χ0v) is 14.4. The molecule has 2 aromatic carbocycles. The van der Waals surface area contributed by atoms with Crippen molar-refractivity contribution in [2.75, 3.05) is 11.9 Å². The topological polar surface area (TPSA) is 87.5 Å². The largest absolute Gasteiger partial charge is 0.480 e. The lowest BCUT2D eigenvalue weighted by atomic mass is 10.0. The van der Waals surface area contributed by atoms with E-state index in [1.165, 1.54) is 4.90 Å². The molecule has 0 spiro atoms. The highest BCUT2D eigenvalue weighted by Gasteiger charge is 2.36. The molecule has 0 aliphatic carbocycles. The van der Waals surface area contributed by atoms with Crippen LogP contribution >= 0.6 is 0 Å². The van der Waals surface area contributed by atoms with Gasteiger partial charge in [0.05, 0.1) is 29.0 Å². The van der Waals surface area contributed by atoms with Gasteiger partial charge in [0.1, 0.15) is 6.54 Å². The van der Waals surface area contributed by atoms with Gasteiger partial charge in [0.25, 0.3) is 5.91 Å². The predicted molar refractivity (Wildman–Crippen MR) is 97.5 cm³/mol. The molecule has 0 bridgehead atoms. The van der Waals surface area contributed by atoms with Gasteiger partial charge in [-0.3, -0.25) is 14.3 Å². The molecule has 7 heteroatoms. The molecule has 1 aliphatic heterocycles. The number of aliphatic carboxylic acids is 1. The van der Waals surface area contributed by atoms with E-state index < -0.39 is 5.97 Å². The number of fused-ring (bicyclic) bond motifs is 2. The second kappa shape index (κ2) is 5.87. The first-order valence-corrected chi connectivity index (χ1v) is 8.30. The van der Waals surface area contributed by atoms with Gasteiger partial charge in [0, 0.05) is 18.1 Å². The predicted octanol–water partition coefficient (Wildman–Crippen LogP) is 2.92. The van der Waals surface area contributed by atoms with Crippen molar-refractivity contribution < 1.29 is 14.7 Å². The monoisotopic (exact) mass is 350 g/mol. The van der Waals surface area contributed by atoms with Gasteiger partial charge >= 0.3 is 5.97 Å². The summed E-state index contributed by atoms with van der Waals surface area (Å²) in [5.41, 5.74) is 3.91. The van der Waals surface area contributed by atoms with Crippen LogP contribution in [0.4, 0.5) is 11.4 Å². The Morgan fingerprint density at radius 3 is 2.88 bits per heavy atom. The van der Waals surface area contributed by atoms with Crippen LogP contribution in [0.3, 0.4) is 0 Å². The molecule has 1 unspecified atom stereocenters. The third-order valence-electron chi connectivity index (χ3n) is 4.82. The van der Waals surface area contributed by atoms with E-state index in [9.17, 15) is 9.59 Å². The van der Waals surface area contributed by atoms with Gasteiger partial charge in [0.2, 0.25) is 0 Å². The first-order valence-electron chi connectivity index (χ1n) is 8.30. The number of aryl methyl sites for hydroxylation is 1. The van der Waals surface area contributed by atoms with Crippen molar-refractivity contribution in [2.45, 2.75) is 13.0 Å². The summed E-state index contributed by atoms with van der Waals surface area (Å²) in [4.78, 5) is 25.2. The number of aromatic nitrogens is 2. The summed E-state index contributed by atoms with van der Waals surface area (Å²) in [6.07, 6.45) is 1.79. The quantitative estimate of drug-likeness (QED) is 0.755. The average molecular weight is 350 g/mol. The molecule has 2 N–H and O–H groups in total. The van der Waals surface area contributed by atoms with Crippen LogP contribution in [0.15, 0.2) is 42.6 Å². The molecular formula is C19H18N4O3. The van der Waals surface area contributed by atoms with E-state index in [0.717, 1.165) is 22.2 Å². The molecule has 7 nitrogen and oxygen atoms in total. The summed E-state index contributed by atoms with van der Waals surface area (Å²) >= 11 is 0. The minimum Gasteiger partial charge on any atom is -0.480 e. The van der Waals surface area contributed by atoms with Crippen LogP contribution in [0.2, 0.25) is 0 Å². The number of rotatable bonds is 4. The van der Waals surface area contributed by atoms with Crippen LogP contribution in [0.25, 0.3) is 10.9 Å². The molecule has 4 rings (SSSR count). The molecule has 3 aromatic rings. The number of carbonyl (C=O) groups excluding carboxylic acids is 1. The maximum Gasteiger partial charge on any atom is 0.323 e. The first-order chi connectivity index (χ1) is 12.5. The van der Waals surface area contributed by atoms with E-state index in [1.807, 2.05) is 50.4 Å². The van der Waals surface area contributed by atoms with E-state index in [1.54, 1.807) is 10.9 Å². The Balaban J connectivity index is 1.71. The normalized spacial score (nSPS) is 16.2. The number of hydrogen-bond acceptors (Lipinski definition) is 4. The molecule has 26 heavy (non-hydrogen) atoms. The molecule has 0 radical (unpaired) electrons. The third kappa shape index (κ3) is 2.48. The molecule has 1 amide bonds. The van der Waals surface area contributed by atoms with Crippen molar-refractivity contribution in [3.05, 3.63) is 53.7 Å². The summed E-state index contributed by atoms with van der Waals surface area (Å²) in [6, 6.07) is 11.2. The third-order valence-corrected chi connectivity index (χ3v) is 4.82. The molecule has 1 aliphatic rings. The Morgan fingerprint density at radius 1 is 1.31 bits per heavy atom. The molecule has 132 valence electrons. The van der Waals surface area contributed by atoms with Crippen LogP contribution in [0, 0.1) is 0 Å². The summed E-state index contributed by atoms with van der Waals surface area (Å²) in [6.45, 7) is 1.54. The number of nitrogens with one attached hydrogen (secondary N) is 1. The van der Waals surface area contributed by atoms with Gasteiger partial charge in [-0.15, -0.1) is 0 Å². The summed E-state index contributed by atoms with van der Waals surface area (Å²) in [5.74, 6) is -1.28. The number of hydrogen-bond donors (Lipinski definition) is 2. The zero-order chi connectivity index (χ0) is 18.4. The Hall–Kier alpha value is -3.35. The van der Waals surface area contributed by atoms with Gasteiger partial charge in [-0.25, -0.2) is 0 Å². The molecule has 0 saturated carbocycles. The molecule has 1 atom stereocenters. The van der Waals surface area contributed by atoms with Crippen LogP contribution in [0.5, 0.6) is 0 Å². The molecule has 0 saturated heterocycles. The van der Waals surface area contributed by atoms with Crippen molar-refractivity contribution in [1.29, 1.82) is 0 Å². The highest BCUT2D eigenvalue weighted by Crippen LogP contribution is 2.38. The minimum absolute atomic E-state index is 0.263. The van der Waals surface area contributed by atoms with E-state index in [4.69, 9.17) is 5.11 Å². The zero-order valence-electron chi connectivity index (χ0n) is 14.4. The lowest BCUT2D eigenvalue weighted by Gasteiger charge is -2.19. The van der Waals surface area contributed by atoms with E-state index in [-0.39, 0.29) is 18.5 Å². The van der Waals surface area contributed by atoms with Crippen LogP contribution in [0.1, 0.15) is 28.9 Å². The lowest BCUT2D eigenvalue weighted by Crippen LogP contribution is -2.32. The van der Waals surface area contributed by atoms with Crippen molar-refractivity contribution in [3.8, 4) is 0 Å². The van der Waals surface area contributed by atoms with Gasteiger partial charge in [-0.05, 0) is 36.8 Å². The fraction of sp³-hybridized carbons (Fsp3) is 0.211. The van der Waals surface area contributed by atoms with Gasteiger partial charge in [0.15, 0.2) is 0 Å². The van der Waals surface area contributed by atoms with E-state index >= 15 is 0 Å². The SMILES string of the molecule is CC1c2cccc(Nc3ccc4c(cnn4C)c3)c2C(=O)N1CC(=O)O. The molecule has 2 heterocycles. The van der Waals surface area contributed by atoms with Gasteiger partial charge < -0.3 is 15.3 Å². The highest BCUT2D eigenvalue weighted by molar-refractivity contribution is 6.06. The number of carboxylic acid groups (broad SMARTS) is 1. The van der Waals surface area contributed by atoms with Gasteiger partial charge in [-0.1, -0.05) is 12.1 Å². The van der Waals surface area contributed by atoms with Crippen molar-refractivity contribution in [2.24, 2.45) is 7.05 Å². The average Bonchev–Trinajstić information content (AvgIpc) is 3.09. The van der Waals surface area contributed by atoms with Crippen LogP contribution < -0.4 is 5.32 Å². The maximum atomic E-state index is 12.8. The second-order valence-electron chi connectivity index (χ2n) is 6.44. The Bertz CT molecular complexity index is 1040. The van der Waals surface area contributed by atoms with Crippen LogP contribution in [-0.4, -0.2) is 38.2 Å². The Kier molecular flexibility index (Phi) is 3.64.